The van der Waals surface area contributed by atoms with E-state index < -0.39 is 5.97 Å². The fraction of sp³-hybridized carbons (Fsp3) is 0.556. The van der Waals surface area contributed by atoms with Crippen molar-refractivity contribution in [3.05, 3.63) is 11.8 Å². The molecule has 0 aliphatic heterocycles. The molecule has 1 aromatic rings. The zero-order valence-electron chi connectivity index (χ0n) is 7.81. The number of nitrogens with two attached hydrogens (primary N) is 1. The molecule has 1 aliphatic carbocycles. The lowest BCUT2D eigenvalue weighted by atomic mass is 10.2. The maximum Gasteiger partial charge on any atom is 0.341 e. The van der Waals surface area contributed by atoms with E-state index in [1.165, 1.54) is 19.0 Å². The van der Waals surface area contributed by atoms with Crippen LogP contribution < -0.4 is 5.73 Å². The zero-order valence-corrected chi connectivity index (χ0v) is 7.81. The molecule has 1 aromatic heterocycles. The minimum atomic E-state index is -1.01. The molecule has 1 heterocycles. The third kappa shape index (κ3) is 1.45. The Bertz CT molecular complexity index is 353. The number of nitrogens with zero attached hydrogens (tertiary/aromatic N) is 2. The first-order valence-electron chi connectivity index (χ1n) is 4.76. The molecule has 0 aromatic carbocycles. The Hall–Kier alpha value is -1.52. The normalized spacial score (nSPS) is 17.4. The van der Waals surface area contributed by atoms with Gasteiger partial charge in [0.05, 0.1) is 6.04 Å². The van der Waals surface area contributed by atoms with Crippen LogP contribution in [0.3, 0.4) is 0 Å². The van der Waals surface area contributed by atoms with Crippen LogP contribution in [0.5, 0.6) is 0 Å². The van der Waals surface area contributed by atoms with E-state index in [-0.39, 0.29) is 11.4 Å². The molecule has 76 valence electrons. The van der Waals surface area contributed by atoms with E-state index in [0.717, 1.165) is 12.8 Å². The predicted octanol–water partition coefficient (Wildman–Crippen LogP) is 1.28. The summed E-state index contributed by atoms with van der Waals surface area (Å²) in [6, 6.07) is 0.338. The Morgan fingerprint density at radius 1 is 1.57 bits per heavy atom. The van der Waals surface area contributed by atoms with Gasteiger partial charge in [0, 0.05) is 6.20 Å². The van der Waals surface area contributed by atoms with Crippen molar-refractivity contribution in [1.29, 1.82) is 0 Å². The number of hydrogen-bond acceptors (Lipinski definition) is 3. The van der Waals surface area contributed by atoms with Gasteiger partial charge < -0.3 is 10.8 Å². The predicted molar refractivity (Wildman–Crippen MR) is 51.1 cm³/mol. The second-order valence-corrected chi connectivity index (χ2v) is 3.65. The number of carboxylic acids is 1. The third-order valence-corrected chi connectivity index (χ3v) is 2.69. The molecule has 1 fully saturated rings. The largest absolute Gasteiger partial charge is 0.477 e. The zero-order chi connectivity index (χ0) is 10.1. The number of hydrogen-bond donors (Lipinski definition) is 2. The van der Waals surface area contributed by atoms with Crippen molar-refractivity contribution in [1.82, 2.24) is 9.78 Å². The topological polar surface area (TPSA) is 81.1 Å². The molecule has 1 saturated carbocycles. The molecule has 0 amide bonds. The van der Waals surface area contributed by atoms with Crippen LogP contribution in [0.15, 0.2) is 6.20 Å². The summed E-state index contributed by atoms with van der Waals surface area (Å²) < 4.78 is 1.70. The molecule has 2 rings (SSSR count). The molecule has 0 radical (unpaired) electrons. The second-order valence-electron chi connectivity index (χ2n) is 3.65. The van der Waals surface area contributed by atoms with Gasteiger partial charge in [0.15, 0.2) is 5.82 Å². The lowest BCUT2D eigenvalue weighted by Gasteiger charge is -2.07. The van der Waals surface area contributed by atoms with E-state index in [0.29, 0.717) is 6.04 Å². The molecule has 0 spiro atoms. The van der Waals surface area contributed by atoms with E-state index in [4.69, 9.17) is 10.8 Å². The summed E-state index contributed by atoms with van der Waals surface area (Å²) in [5.41, 5.74) is 5.61. The van der Waals surface area contributed by atoms with Gasteiger partial charge in [-0.25, -0.2) is 4.79 Å². The summed E-state index contributed by atoms with van der Waals surface area (Å²) in [7, 11) is 0. The molecular formula is C9H13N3O2. The number of nitrogen functional groups attached to an aromatic ring is 1. The van der Waals surface area contributed by atoms with Crippen LogP contribution in [-0.4, -0.2) is 20.9 Å². The van der Waals surface area contributed by atoms with Crippen molar-refractivity contribution < 1.29 is 9.90 Å². The number of anilines is 1. The first kappa shape index (κ1) is 9.05. The van der Waals surface area contributed by atoms with E-state index >= 15 is 0 Å². The second kappa shape index (κ2) is 3.32. The molecule has 1 aliphatic rings. The van der Waals surface area contributed by atoms with Crippen LogP contribution in [0.4, 0.5) is 5.82 Å². The molecule has 0 saturated heterocycles. The average molecular weight is 195 g/mol. The van der Waals surface area contributed by atoms with Crippen molar-refractivity contribution in [2.75, 3.05) is 5.73 Å². The van der Waals surface area contributed by atoms with Crippen molar-refractivity contribution in [3.63, 3.8) is 0 Å². The lowest BCUT2D eigenvalue weighted by molar-refractivity contribution is 0.0698. The minimum Gasteiger partial charge on any atom is -0.477 e. The van der Waals surface area contributed by atoms with Gasteiger partial charge in [-0.15, -0.1) is 0 Å². The van der Waals surface area contributed by atoms with Crippen LogP contribution in [0, 0.1) is 0 Å². The standard InChI is InChI=1S/C9H13N3O2/c10-8-7(9(13)14)5-12(11-8)6-3-1-2-4-6/h5-6H,1-4H2,(H2,10,11)(H,13,14). The van der Waals surface area contributed by atoms with Crippen molar-refractivity contribution >= 4 is 11.8 Å². The van der Waals surface area contributed by atoms with Gasteiger partial charge in [-0.2, -0.15) is 5.10 Å². The summed E-state index contributed by atoms with van der Waals surface area (Å²) in [5, 5.41) is 12.8. The average Bonchev–Trinajstić information content (AvgIpc) is 2.70. The van der Waals surface area contributed by atoms with Gasteiger partial charge in [0.2, 0.25) is 0 Å². The molecule has 0 bridgehead atoms. The highest BCUT2D eigenvalue weighted by molar-refractivity contribution is 5.92. The Morgan fingerprint density at radius 3 is 2.71 bits per heavy atom. The van der Waals surface area contributed by atoms with Crippen molar-refractivity contribution in [2.24, 2.45) is 0 Å². The maximum absolute atomic E-state index is 10.7. The first-order chi connectivity index (χ1) is 6.68. The molecule has 14 heavy (non-hydrogen) atoms. The van der Waals surface area contributed by atoms with E-state index in [9.17, 15) is 4.79 Å². The van der Waals surface area contributed by atoms with Crippen LogP contribution in [-0.2, 0) is 0 Å². The van der Waals surface area contributed by atoms with Crippen LogP contribution in [0.25, 0.3) is 0 Å². The molecule has 0 atom stereocenters. The number of aromatic carboxylic acids is 1. The smallest absolute Gasteiger partial charge is 0.341 e. The summed E-state index contributed by atoms with van der Waals surface area (Å²) in [6.45, 7) is 0. The quantitative estimate of drug-likeness (QED) is 0.744. The molecule has 0 unspecified atom stereocenters. The first-order valence-corrected chi connectivity index (χ1v) is 4.76. The number of rotatable bonds is 2. The maximum atomic E-state index is 10.7. The highest BCUT2D eigenvalue weighted by Gasteiger charge is 2.21. The van der Waals surface area contributed by atoms with Crippen LogP contribution in [0.2, 0.25) is 0 Å². The fourth-order valence-electron chi connectivity index (χ4n) is 1.93. The van der Waals surface area contributed by atoms with E-state index in [1.807, 2.05) is 0 Å². The molecular weight excluding hydrogens is 182 g/mol. The van der Waals surface area contributed by atoms with Crippen LogP contribution in [0.1, 0.15) is 42.1 Å². The summed E-state index contributed by atoms with van der Waals surface area (Å²) in [6.07, 6.45) is 6.05. The van der Waals surface area contributed by atoms with Gasteiger partial charge in [-0.05, 0) is 12.8 Å². The fourth-order valence-corrected chi connectivity index (χ4v) is 1.93. The van der Waals surface area contributed by atoms with Crippen LogP contribution >= 0.6 is 0 Å². The van der Waals surface area contributed by atoms with Gasteiger partial charge in [-0.3, -0.25) is 4.68 Å². The Kier molecular flexibility index (Phi) is 2.15. The van der Waals surface area contributed by atoms with Crippen molar-refractivity contribution in [2.45, 2.75) is 31.7 Å². The molecule has 5 heteroatoms. The lowest BCUT2D eigenvalue weighted by Crippen LogP contribution is -2.05. The highest BCUT2D eigenvalue weighted by atomic mass is 16.4. The van der Waals surface area contributed by atoms with E-state index in [1.54, 1.807) is 4.68 Å². The van der Waals surface area contributed by atoms with Gasteiger partial charge in [0.1, 0.15) is 5.56 Å². The Morgan fingerprint density at radius 2 is 2.21 bits per heavy atom. The summed E-state index contributed by atoms with van der Waals surface area (Å²) in [4.78, 5) is 10.7. The van der Waals surface area contributed by atoms with Crippen molar-refractivity contribution in [3.8, 4) is 0 Å². The van der Waals surface area contributed by atoms with Gasteiger partial charge in [0.25, 0.3) is 0 Å². The minimum absolute atomic E-state index is 0.108. The molecule has 3 N–H and O–H groups in total. The Balaban J connectivity index is 2.27. The van der Waals surface area contributed by atoms with E-state index in [2.05, 4.69) is 5.10 Å². The monoisotopic (exact) mass is 195 g/mol. The Labute approximate surface area is 81.5 Å². The molecule has 5 nitrogen and oxygen atoms in total. The number of aromatic nitrogens is 2. The highest BCUT2D eigenvalue weighted by Crippen LogP contribution is 2.29. The van der Waals surface area contributed by atoms with Gasteiger partial charge >= 0.3 is 5.97 Å². The number of carbonyl (C=O) groups is 1. The number of carboxylic acid groups (broad SMARTS) is 1. The SMILES string of the molecule is Nc1nn(C2CCCC2)cc1C(=O)O. The summed E-state index contributed by atoms with van der Waals surface area (Å²) >= 11 is 0. The van der Waals surface area contributed by atoms with Gasteiger partial charge in [-0.1, -0.05) is 12.8 Å². The summed E-state index contributed by atoms with van der Waals surface area (Å²) in [5.74, 6) is -0.892. The third-order valence-electron chi connectivity index (χ3n) is 2.69.